The Kier molecular flexibility index (Phi) is 5.48. The third-order valence-electron chi connectivity index (χ3n) is 3.13. The van der Waals surface area contributed by atoms with Crippen LogP contribution in [0.25, 0.3) is 0 Å². The number of ether oxygens (including phenoxy) is 3. The lowest BCUT2D eigenvalue weighted by molar-refractivity contribution is -0.126. The van der Waals surface area contributed by atoms with Crippen molar-refractivity contribution in [3.63, 3.8) is 0 Å². The van der Waals surface area contributed by atoms with Crippen molar-refractivity contribution in [1.29, 1.82) is 0 Å². The molecule has 0 fully saturated rings. The SMILES string of the molecule is CCOC(CNc1cccc2c1CCCO2)OCC. The zero-order chi connectivity index (χ0) is 13.5. The molecule has 1 aromatic rings. The summed E-state index contributed by atoms with van der Waals surface area (Å²) in [6, 6.07) is 6.13. The topological polar surface area (TPSA) is 39.7 Å². The number of nitrogens with one attached hydrogen (secondary N) is 1. The summed E-state index contributed by atoms with van der Waals surface area (Å²) in [5, 5.41) is 3.41. The van der Waals surface area contributed by atoms with Gasteiger partial charge in [0.05, 0.1) is 13.2 Å². The number of fused-ring (bicyclic) bond motifs is 1. The van der Waals surface area contributed by atoms with E-state index in [4.69, 9.17) is 14.2 Å². The molecule has 0 aliphatic carbocycles. The van der Waals surface area contributed by atoms with Gasteiger partial charge in [0.2, 0.25) is 0 Å². The van der Waals surface area contributed by atoms with Crippen molar-refractivity contribution in [1.82, 2.24) is 0 Å². The molecule has 0 bridgehead atoms. The Labute approximate surface area is 115 Å². The maximum Gasteiger partial charge on any atom is 0.174 e. The minimum atomic E-state index is -0.199. The Morgan fingerprint density at radius 1 is 1.26 bits per heavy atom. The Bertz CT molecular complexity index is 389. The van der Waals surface area contributed by atoms with Crippen LogP contribution >= 0.6 is 0 Å². The highest BCUT2D eigenvalue weighted by atomic mass is 16.7. The van der Waals surface area contributed by atoms with E-state index in [1.807, 2.05) is 26.0 Å². The minimum absolute atomic E-state index is 0.199. The van der Waals surface area contributed by atoms with Gasteiger partial charge in [-0.05, 0) is 38.8 Å². The number of rotatable bonds is 7. The Balaban J connectivity index is 1.98. The van der Waals surface area contributed by atoms with E-state index in [1.165, 1.54) is 5.56 Å². The van der Waals surface area contributed by atoms with Gasteiger partial charge in [-0.15, -0.1) is 0 Å². The lowest BCUT2D eigenvalue weighted by Gasteiger charge is -2.23. The lowest BCUT2D eigenvalue weighted by Crippen LogP contribution is -2.27. The first kappa shape index (κ1) is 14.2. The molecule has 1 N–H and O–H groups in total. The molecule has 1 aliphatic rings. The molecule has 0 spiro atoms. The highest BCUT2D eigenvalue weighted by Crippen LogP contribution is 2.30. The predicted molar refractivity (Wildman–Crippen MR) is 75.8 cm³/mol. The summed E-state index contributed by atoms with van der Waals surface area (Å²) >= 11 is 0. The van der Waals surface area contributed by atoms with Crippen molar-refractivity contribution in [2.45, 2.75) is 33.0 Å². The molecule has 19 heavy (non-hydrogen) atoms. The molecule has 1 heterocycles. The van der Waals surface area contributed by atoms with E-state index in [-0.39, 0.29) is 6.29 Å². The van der Waals surface area contributed by atoms with Crippen LogP contribution < -0.4 is 10.1 Å². The second-order valence-corrected chi connectivity index (χ2v) is 4.46. The third-order valence-corrected chi connectivity index (χ3v) is 3.13. The van der Waals surface area contributed by atoms with E-state index in [0.717, 1.165) is 30.9 Å². The smallest absolute Gasteiger partial charge is 0.174 e. The van der Waals surface area contributed by atoms with Gasteiger partial charge in [0, 0.05) is 24.5 Å². The Hall–Kier alpha value is -1.26. The summed E-state index contributed by atoms with van der Waals surface area (Å²) in [7, 11) is 0. The summed E-state index contributed by atoms with van der Waals surface area (Å²) < 4.78 is 16.7. The zero-order valence-electron chi connectivity index (χ0n) is 11.8. The molecule has 0 atom stereocenters. The van der Waals surface area contributed by atoms with Crippen molar-refractivity contribution in [2.75, 3.05) is 31.7 Å². The molecule has 2 rings (SSSR count). The monoisotopic (exact) mass is 265 g/mol. The van der Waals surface area contributed by atoms with E-state index in [1.54, 1.807) is 0 Å². The van der Waals surface area contributed by atoms with Gasteiger partial charge in [-0.1, -0.05) is 6.07 Å². The average Bonchev–Trinajstić information content (AvgIpc) is 2.45. The number of hydrogen-bond acceptors (Lipinski definition) is 4. The van der Waals surface area contributed by atoms with Crippen molar-refractivity contribution in [3.8, 4) is 5.75 Å². The molecule has 0 saturated heterocycles. The van der Waals surface area contributed by atoms with Crippen molar-refractivity contribution >= 4 is 5.69 Å². The standard InChI is InChI=1S/C15H23NO3/c1-3-17-15(18-4-2)11-16-13-8-5-9-14-12(13)7-6-10-19-14/h5,8-9,15-16H,3-4,6-7,10-11H2,1-2H3. The first-order valence-corrected chi connectivity index (χ1v) is 7.07. The maximum atomic E-state index is 5.66. The summed E-state index contributed by atoms with van der Waals surface area (Å²) in [6.45, 7) is 6.73. The summed E-state index contributed by atoms with van der Waals surface area (Å²) in [5.41, 5.74) is 2.39. The molecule has 0 aromatic heterocycles. The third kappa shape index (κ3) is 3.85. The van der Waals surface area contributed by atoms with Crippen LogP contribution in [-0.2, 0) is 15.9 Å². The van der Waals surface area contributed by atoms with Crippen molar-refractivity contribution in [2.24, 2.45) is 0 Å². The van der Waals surface area contributed by atoms with Crippen molar-refractivity contribution in [3.05, 3.63) is 23.8 Å². The molecule has 4 heteroatoms. The van der Waals surface area contributed by atoms with Gasteiger partial charge < -0.3 is 19.5 Å². The average molecular weight is 265 g/mol. The van der Waals surface area contributed by atoms with E-state index < -0.39 is 0 Å². The van der Waals surface area contributed by atoms with Crippen LogP contribution in [0.15, 0.2) is 18.2 Å². The molecule has 0 saturated carbocycles. The van der Waals surface area contributed by atoms with Crippen LogP contribution in [-0.4, -0.2) is 32.7 Å². The van der Waals surface area contributed by atoms with Crippen LogP contribution in [0.1, 0.15) is 25.8 Å². The number of anilines is 1. The number of benzene rings is 1. The highest BCUT2D eigenvalue weighted by molar-refractivity contribution is 5.58. The van der Waals surface area contributed by atoms with E-state index >= 15 is 0 Å². The molecule has 106 valence electrons. The fourth-order valence-corrected chi connectivity index (χ4v) is 2.29. The van der Waals surface area contributed by atoms with Crippen LogP contribution in [0, 0.1) is 0 Å². The summed E-state index contributed by atoms with van der Waals surface area (Å²) in [6.07, 6.45) is 1.94. The molecule has 4 nitrogen and oxygen atoms in total. The normalized spacial score (nSPS) is 14.1. The summed E-state index contributed by atoms with van der Waals surface area (Å²) in [5.74, 6) is 1.00. The van der Waals surface area contributed by atoms with Gasteiger partial charge in [-0.3, -0.25) is 0 Å². The van der Waals surface area contributed by atoms with E-state index in [0.29, 0.717) is 19.8 Å². The summed E-state index contributed by atoms with van der Waals surface area (Å²) in [4.78, 5) is 0. The van der Waals surface area contributed by atoms with Crippen LogP contribution in [0.2, 0.25) is 0 Å². The van der Waals surface area contributed by atoms with Gasteiger partial charge in [-0.25, -0.2) is 0 Å². The molecule has 0 radical (unpaired) electrons. The second kappa shape index (κ2) is 7.36. The van der Waals surface area contributed by atoms with Gasteiger partial charge in [0.1, 0.15) is 5.75 Å². The molecular formula is C15H23NO3. The Morgan fingerprint density at radius 3 is 2.79 bits per heavy atom. The van der Waals surface area contributed by atoms with E-state index in [2.05, 4.69) is 11.4 Å². The van der Waals surface area contributed by atoms with Crippen LogP contribution in [0.3, 0.4) is 0 Å². The fourth-order valence-electron chi connectivity index (χ4n) is 2.29. The lowest BCUT2D eigenvalue weighted by atomic mass is 10.0. The maximum absolute atomic E-state index is 5.66. The number of hydrogen-bond donors (Lipinski definition) is 1. The van der Waals surface area contributed by atoms with Crippen LogP contribution in [0.5, 0.6) is 5.75 Å². The quantitative estimate of drug-likeness (QED) is 0.770. The van der Waals surface area contributed by atoms with Crippen LogP contribution in [0.4, 0.5) is 5.69 Å². The molecule has 1 aliphatic heterocycles. The second-order valence-electron chi connectivity index (χ2n) is 4.46. The zero-order valence-corrected chi connectivity index (χ0v) is 11.8. The van der Waals surface area contributed by atoms with Gasteiger partial charge >= 0.3 is 0 Å². The van der Waals surface area contributed by atoms with E-state index in [9.17, 15) is 0 Å². The predicted octanol–water partition coefficient (Wildman–Crippen LogP) is 2.82. The molecular weight excluding hydrogens is 242 g/mol. The fraction of sp³-hybridized carbons (Fsp3) is 0.600. The Morgan fingerprint density at radius 2 is 2.05 bits per heavy atom. The first-order valence-electron chi connectivity index (χ1n) is 7.07. The molecule has 1 aromatic carbocycles. The molecule has 0 amide bonds. The van der Waals surface area contributed by atoms with Gasteiger partial charge in [0.25, 0.3) is 0 Å². The first-order chi connectivity index (χ1) is 9.35. The molecule has 0 unspecified atom stereocenters. The van der Waals surface area contributed by atoms with Gasteiger partial charge in [-0.2, -0.15) is 0 Å². The van der Waals surface area contributed by atoms with Crippen molar-refractivity contribution < 1.29 is 14.2 Å². The highest BCUT2D eigenvalue weighted by Gasteiger charge is 2.15. The largest absolute Gasteiger partial charge is 0.493 e. The van der Waals surface area contributed by atoms with Gasteiger partial charge in [0.15, 0.2) is 6.29 Å². The minimum Gasteiger partial charge on any atom is -0.493 e.